The van der Waals surface area contributed by atoms with Gasteiger partial charge in [0.2, 0.25) is 0 Å². The monoisotopic (exact) mass is 284 g/mol. The smallest absolute Gasteiger partial charge is 0.321 e. The van der Waals surface area contributed by atoms with Crippen LogP contribution in [-0.2, 0) is 6.54 Å². The zero-order valence-corrected chi connectivity index (χ0v) is 12.6. The van der Waals surface area contributed by atoms with E-state index in [1.807, 2.05) is 55.5 Å². The van der Waals surface area contributed by atoms with Crippen molar-refractivity contribution in [3.63, 3.8) is 0 Å². The van der Waals surface area contributed by atoms with Crippen LogP contribution in [0, 0.1) is 6.92 Å². The molecule has 4 heteroatoms. The van der Waals surface area contributed by atoms with Gasteiger partial charge in [0.1, 0.15) is 5.75 Å². The van der Waals surface area contributed by atoms with E-state index in [0.717, 1.165) is 22.6 Å². The van der Waals surface area contributed by atoms with Gasteiger partial charge in [0.05, 0.1) is 7.11 Å². The van der Waals surface area contributed by atoms with Crippen molar-refractivity contribution in [3.05, 3.63) is 59.7 Å². The van der Waals surface area contributed by atoms with Crippen LogP contribution >= 0.6 is 0 Å². The second-order valence-corrected chi connectivity index (χ2v) is 5.00. The maximum Gasteiger partial charge on any atom is 0.321 e. The van der Waals surface area contributed by atoms with Crippen molar-refractivity contribution in [2.45, 2.75) is 13.5 Å². The van der Waals surface area contributed by atoms with Crippen molar-refractivity contribution < 1.29 is 9.53 Å². The molecule has 2 aromatic carbocycles. The summed E-state index contributed by atoms with van der Waals surface area (Å²) in [4.78, 5) is 13.8. The first kappa shape index (κ1) is 14.9. The second-order valence-electron chi connectivity index (χ2n) is 5.00. The van der Waals surface area contributed by atoms with Crippen molar-refractivity contribution >= 4 is 11.7 Å². The normalized spacial score (nSPS) is 10.0. The summed E-state index contributed by atoms with van der Waals surface area (Å²) in [6.07, 6.45) is 0. The molecule has 0 bridgehead atoms. The van der Waals surface area contributed by atoms with Crippen LogP contribution in [0.5, 0.6) is 5.75 Å². The van der Waals surface area contributed by atoms with Crippen molar-refractivity contribution in [2.75, 3.05) is 19.5 Å². The van der Waals surface area contributed by atoms with E-state index in [2.05, 4.69) is 5.32 Å². The minimum Gasteiger partial charge on any atom is -0.497 e. The molecule has 0 aliphatic heterocycles. The minimum atomic E-state index is -0.128. The number of nitrogens with zero attached hydrogens (tertiary/aromatic N) is 1. The van der Waals surface area contributed by atoms with E-state index in [9.17, 15) is 4.79 Å². The molecule has 0 atom stereocenters. The van der Waals surface area contributed by atoms with Crippen LogP contribution in [0.4, 0.5) is 10.5 Å². The molecule has 0 radical (unpaired) electrons. The fraction of sp³-hybridized carbons (Fsp3) is 0.235. The Balaban J connectivity index is 1.95. The van der Waals surface area contributed by atoms with Crippen LogP contribution < -0.4 is 10.1 Å². The van der Waals surface area contributed by atoms with Gasteiger partial charge in [-0.05, 0) is 42.3 Å². The Labute approximate surface area is 125 Å². The molecule has 0 aromatic heterocycles. The number of nitrogens with one attached hydrogen (secondary N) is 1. The number of rotatable bonds is 4. The number of hydrogen-bond acceptors (Lipinski definition) is 2. The van der Waals surface area contributed by atoms with E-state index in [4.69, 9.17) is 4.74 Å². The van der Waals surface area contributed by atoms with Crippen molar-refractivity contribution in [3.8, 4) is 5.75 Å². The molecule has 0 saturated heterocycles. The van der Waals surface area contributed by atoms with Crippen molar-refractivity contribution in [1.29, 1.82) is 0 Å². The van der Waals surface area contributed by atoms with Gasteiger partial charge in [-0.3, -0.25) is 0 Å². The fourth-order valence-corrected chi connectivity index (χ4v) is 2.02. The summed E-state index contributed by atoms with van der Waals surface area (Å²) in [7, 11) is 3.41. The van der Waals surface area contributed by atoms with Crippen LogP contribution in [-0.4, -0.2) is 25.1 Å². The van der Waals surface area contributed by atoms with Gasteiger partial charge in [-0.1, -0.05) is 24.3 Å². The van der Waals surface area contributed by atoms with E-state index in [0.29, 0.717) is 6.54 Å². The number of hydrogen-bond donors (Lipinski definition) is 1. The number of benzene rings is 2. The predicted molar refractivity (Wildman–Crippen MR) is 84.7 cm³/mol. The number of carbonyl (C=O) groups excluding carboxylic acids is 1. The van der Waals surface area contributed by atoms with Gasteiger partial charge in [-0.15, -0.1) is 0 Å². The summed E-state index contributed by atoms with van der Waals surface area (Å²) in [6.45, 7) is 2.54. The summed E-state index contributed by atoms with van der Waals surface area (Å²) >= 11 is 0. The molecule has 1 N–H and O–H groups in total. The third-order valence-electron chi connectivity index (χ3n) is 3.19. The Hall–Kier alpha value is -2.49. The molecule has 2 amide bonds. The molecule has 0 fully saturated rings. The molecule has 2 aromatic rings. The summed E-state index contributed by atoms with van der Waals surface area (Å²) in [5, 5.41) is 2.89. The Bertz CT molecular complexity index is 608. The maximum absolute atomic E-state index is 12.1. The molecule has 0 spiro atoms. The Morgan fingerprint density at radius 3 is 2.52 bits per heavy atom. The number of amides is 2. The van der Waals surface area contributed by atoms with E-state index in [1.54, 1.807) is 19.1 Å². The lowest BCUT2D eigenvalue weighted by molar-refractivity contribution is 0.220. The Morgan fingerprint density at radius 1 is 1.19 bits per heavy atom. The summed E-state index contributed by atoms with van der Waals surface area (Å²) in [5.41, 5.74) is 2.98. The van der Waals surface area contributed by atoms with Gasteiger partial charge in [0.25, 0.3) is 0 Å². The summed E-state index contributed by atoms with van der Waals surface area (Å²) in [5.74, 6) is 0.811. The lowest BCUT2D eigenvalue weighted by Gasteiger charge is -2.18. The maximum atomic E-state index is 12.1. The van der Waals surface area contributed by atoms with E-state index in [-0.39, 0.29) is 6.03 Å². The van der Waals surface area contributed by atoms with Crippen LogP contribution in [0.3, 0.4) is 0 Å². The van der Waals surface area contributed by atoms with Gasteiger partial charge >= 0.3 is 6.03 Å². The largest absolute Gasteiger partial charge is 0.497 e. The first-order valence-electron chi connectivity index (χ1n) is 6.80. The molecule has 0 saturated carbocycles. The average Bonchev–Trinajstić information content (AvgIpc) is 2.48. The first-order chi connectivity index (χ1) is 10.1. The highest BCUT2D eigenvalue weighted by Crippen LogP contribution is 2.14. The van der Waals surface area contributed by atoms with Crippen LogP contribution in [0.15, 0.2) is 48.5 Å². The molecule has 0 unspecified atom stereocenters. The standard InChI is InChI=1S/C17H20N2O2/c1-13-5-4-6-15(11-13)18-17(20)19(2)12-14-7-9-16(21-3)10-8-14/h4-11H,12H2,1-3H3,(H,18,20). The van der Waals surface area contributed by atoms with Crippen LogP contribution in [0.25, 0.3) is 0 Å². The third-order valence-corrected chi connectivity index (χ3v) is 3.19. The molecule has 2 rings (SSSR count). The van der Waals surface area contributed by atoms with Crippen LogP contribution in [0.2, 0.25) is 0 Å². The topological polar surface area (TPSA) is 41.6 Å². The molecular weight excluding hydrogens is 264 g/mol. The van der Waals surface area contributed by atoms with E-state index < -0.39 is 0 Å². The minimum absolute atomic E-state index is 0.128. The molecule has 0 heterocycles. The highest BCUT2D eigenvalue weighted by Gasteiger charge is 2.09. The molecule has 110 valence electrons. The number of urea groups is 1. The van der Waals surface area contributed by atoms with Gasteiger partial charge in [-0.25, -0.2) is 4.79 Å². The van der Waals surface area contributed by atoms with Gasteiger partial charge in [-0.2, -0.15) is 0 Å². The lowest BCUT2D eigenvalue weighted by atomic mass is 10.2. The number of methoxy groups -OCH3 is 1. The van der Waals surface area contributed by atoms with Crippen molar-refractivity contribution in [1.82, 2.24) is 4.90 Å². The second kappa shape index (κ2) is 6.79. The molecule has 0 aliphatic rings. The number of carbonyl (C=O) groups is 1. The highest BCUT2D eigenvalue weighted by molar-refractivity contribution is 5.89. The quantitative estimate of drug-likeness (QED) is 0.930. The number of anilines is 1. The molecule has 0 aliphatic carbocycles. The summed E-state index contributed by atoms with van der Waals surface area (Å²) < 4.78 is 5.12. The first-order valence-corrected chi connectivity index (χ1v) is 6.80. The van der Waals surface area contributed by atoms with E-state index in [1.165, 1.54) is 0 Å². The fourth-order valence-electron chi connectivity index (χ4n) is 2.02. The zero-order valence-electron chi connectivity index (χ0n) is 12.6. The molecule has 21 heavy (non-hydrogen) atoms. The lowest BCUT2D eigenvalue weighted by Crippen LogP contribution is -2.30. The SMILES string of the molecule is COc1ccc(CN(C)C(=O)Nc2cccc(C)c2)cc1. The van der Waals surface area contributed by atoms with Crippen molar-refractivity contribution in [2.24, 2.45) is 0 Å². The van der Waals surface area contributed by atoms with Gasteiger partial charge < -0.3 is 15.0 Å². The Morgan fingerprint density at radius 2 is 1.90 bits per heavy atom. The molecular formula is C17H20N2O2. The predicted octanol–water partition coefficient (Wildman–Crippen LogP) is 3.67. The number of ether oxygens (including phenoxy) is 1. The Kier molecular flexibility index (Phi) is 4.82. The van der Waals surface area contributed by atoms with Gasteiger partial charge in [0, 0.05) is 19.3 Å². The zero-order chi connectivity index (χ0) is 15.2. The average molecular weight is 284 g/mol. The third kappa shape index (κ3) is 4.24. The van der Waals surface area contributed by atoms with E-state index >= 15 is 0 Å². The summed E-state index contributed by atoms with van der Waals surface area (Å²) in [6, 6.07) is 15.3. The molecule has 4 nitrogen and oxygen atoms in total. The highest BCUT2D eigenvalue weighted by atomic mass is 16.5. The van der Waals surface area contributed by atoms with Crippen LogP contribution in [0.1, 0.15) is 11.1 Å². The van der Waals surface area contributed by atoms with Gasteiger partial charge in [0.15, 0.2) is 0 Å². The number of aryl methyl sites for hydroxylation is 1.